The summed E-state index contributed by atoms with van der Waals surface area (Å²) in [6.07, 6.45) is 0. The van der Waals surface area contributed by atoms with E-state index < -0.39 is 0 Å². The summed E-state index contributed by atoms with van der Waals surface area (Å²) in [6, 6.07) is 13.8. The number of benzene rings is 2. The fourth-order valence-corrected chi connectivity index (χ4v) is 2.66. The second-order valence-electron chi connectivity index (χ2n) is 5.16. The quantitative estimate of drug-likeness (QED) is 0.750. The molecule has 0 fully saturated rings. The van der Waals surface area contributed by atoms with Gasteiger partial charge < -0.3 is 5.32 Å². The average Bonchev–Trinajstić information content (AvgIpc) is 2.41. The Balaban J connectivity index is 2.31. The largest absolute Gasteiger partial charge is 0.322 e. The first kappa shape index (κ1) is 15.0. The Morgan fingerprint density at radius 3 is 2.50 bits per heavy atom. The van der Waals surface area contributed by atoms with Crippen LogP contribution in [0.2, 0.25) is 0 Å². The van der Waals surface area contributed by atoms with Gasteiger partial charge in [0.15, 0.2) is 0 Å². The molecule has 3 heteroatoms. The zero-order valence-electron chi connectivity index (χ0n) is 11.9. The molecular formula is C17H18INO. The molecule has 0 aliphatic rings. The molecule has 2 aromatic rings. The molecule has 1 N–H and O–H groups in total. The number of anilines is 1. The summed E-state index contributed by atoms with van der Waals surface area (Å²) in [7, 11) is 0. The van der Waals surface area contributed by atoms with Crippen LogP contribution < -0.4 is 5.32 Å². The maximum Gasteiger partial charge on any atom is 0.255 e. The third-order valence-corrected chi connectivity index (χ3v) is 3.94. The van der Waals surface area contributed by atoms with Crippen LogP contribution in [0, 0.1) is 10.5 Å². The molecule has 0 bridgehead atoms. The van der Waals surface area contributed by atoms with Gasteiger partial charge in [-0.15, -0.1) is 0 Å². The van der Waals surface area contributed by atoms with Gasteiger partial charge >= 0.3 is 0 Å². The van der Waals surface area contributed by atoms with Crippen molar-refractivity contribution in [2.24, 2.45) is 0 Å². The van der Waals surface area contributed by atoms with E-state index in [1.165, 1.54) is 9.13 Å². The van der Waals surface area contributed by atoms with Gasteiger partial charge in [-0.2, -0.15) is 0 Å². The van der Waals surface area contributed by atoms with Gasteiger partial charge in [-0.3, -0.25) is 4.79 Å². The lowest BCUT2D eigenvalue weighted by molar-refractivity contribution is 0.102. The third-order valence-electron chi connectivity index (χ3n) is 3.27. The number of carbonyl (C=O) groups excluding carboxylic acids is 1. The summed E-state index contributed by atoms with van der Waals surface area (Å²) in [5.41, 5.74) is 3.77. The normalized spacial score (nSPS) is 10.7. The SMILES string of the molecule is Cc1ccccc1C(=O)Nc1ccc(I)cc1C(C)C. The highest BCUT2D eigenvalue weighted by Crippen LogP contribution is 2.26. The molecule has 1 amide bonds. The van der Waals surface area contributed by atoms with Crippen LogP contribution in [0.25, 0.3) is 0 Å². The van der Waals surface area contributed by atoms with Crippen molar-refractivity contribution >= 4 is 34.2 Å². The number of rotatable bonds is 3. The van der Waals surface area contributed by atoms with Crippen LogP contribution in [-0.2, 0) is 0 Å². The van der Waals surface area contributed by atoms with Crippen LogP contribution in [0.5, 0.6) is 0 Å². The van der Waals surface area contributed by atoms with Crippen molar-refractivity contribution in [3.8, 4) is 0 Å². The average molecular weight is 379 g/mol. The van der Waals surface area contributed by atoms with E-state index in [9.17, 15) is 4.79 Å². The zero-order chi connectivity index (χ0) is 14.7. The summed E-state index contributed by atoms with van der Waals surface area (Å²) in [4.78, 5) is 12.4. The van der Waals surface area contributed by atoms with Crippen LogP contribution in [0.1, 0.15) is 41.3 Å². The van der Waals surface area contributed by atoms with E-state index in [0.717, 1.165) is 16.8 Å². The molecule has 0 aliphatic heterocycles. The molecule has 0 radical (unpaired) electrons. The van der Waals surface area contributed by atoms with E-state index in [1.807, 2.05) is 43.3 Å². The van der Waals surface area contributed by atoms with E-state index in [1.54, 1.807) is 0 Å². The lowest BCUT2D eigenvalue weighted by Crippen LogP contribution is -2.15. The first-order valence-corrected chi connectivity index (χ1v) is 7.73. The number of hydrogen-bond donors (Lipinski definition) is 1. The van der Waals surface area contributed by atoms with Gasteiger partial charge in [0, 0.05) is 14.8 Å². The van der Waals surface area contributed by atoms with Crippen molar-refractivity contribution in [2.75, 3.05) is 5.32 Å². The molecule has 0 aromatic heterocycles. The molecule has 2 rings (SSSR count). The number of amides is 1. The van der Waals surface area contributed by atoms with E-state index in [0.29, 0.717) is 5.92 Å². The summed E-state index contributed by atoms with van der Waals surface area (Å²) >= 11 is 2.29. The minimum atomic E-state index is -0.0498. The number of nitrogens with one attached hydrogen (secondary N) is 1. The molecule has 0 heterocycles. The Labute approximate surface area is 133 Å². The second kappa shape index (κ2) is 6.39. The van der Waals surface area contributed by atoms with Crippen LogP contribution in [-0.4, -0.2) is 5.91 Å². The van der Waals surface area contributed by atoms with Crippen LogP contribution in [0.15, 0.2) is 42.5 Å². The fourth-order valence-electron chi connectivity index (χ4n) is 2.14. The fraction of sp³-hybridized carbons (Fsp3) is 0.235. The van der Waals surface area contributed by atoms with Crippen molar-refractivity contribution in [2.45, 2.75) is 26.7 Å². The molecule has 0 unspecified atom stereocenters. The third kappa shape index (κ3) is 3.39. The minimum absolute atomic E-state index is 0.0498. The van der Waals surface area contributed by atoms with Gasteiger partial charge in [0.25, 0.3) is 5.91 Å². The number of carbonyl (C=O) groups is 1. The van der Waals surface area contributed by atoms with Gasteiger partial charge in [-0.1, -0.05) is 32.0 Å². The predicted molar refractivity (Wildman–Crippen MR) is 92.4 cm³/mol. The number of halogens is 1. The second-order valence-corrected chi connectivity index (χ2v) is 6.40. The van der Waals surface area contributed by atoms with Crippen molar-refractivity contribution in [3.05, 3.63) is 62.7 Å². The van der Waals surface area contributed by atoms with Crippen molar-refractivity contribution in [1.29, 1.82) is 0 Å². The highest BCUT2D eigenvalue weighted by Gasteiger charge is 2.13. The molecule has 0 saturated carbocycles. The smallest absolute Gasteiger partial charge is 0.255 e. The van der Waals surface area contributed by atoms with Gasteiger partial charge in [0.1, 0.15) is 0 Å². The maximum atomic E-state index is 12.4. The predicted octanol–water partition coefficient (Wildman–Crippen LogP) is 4.98. The van der Waals surface area contributed by atoms with E-state index >= 15 is 0 Å². The monoisotopic (exact) mass is 379 g/mol. The van der Waals surface area contributed by atoms with Crippen LogP contribution in [0.4, 0.5) is 5.69 Å². The minimum Gasteiger partial charge on any atom is -0.322 e. The van der Waals surface area contributed by atoms with Gasteiger partial charge in [-0.25, -0.2) is 0 Å². The Morgan fingerprint density at radius 2 is 1.85 bits per heavy atom. The Bertz CT molecular complexity index is 635. The maximum absolute atomic E-state index is 12.4. The molecule has 0 aliphatic carbocycles. The lowest BCUT2D eigenvalue weighted by Gasteiger charge is -2.15. The lowest BCUT2D eigenvalue weighted by atomic mass is 10.0. The molecule has 2 aromatic carbocycles. The van der Waals surface area contributed by atoms with Crippen LogP contribution in [0.3, 0.4) is 0 Å². The topological polar surface area (TPSA) is 29.1 Å². The number of aryl methyl sites for hydroxylation is 1. The van der Waals surface area contributed by atoms with E-state index in [2.05, 4.69) is 47.8 Å². The van der Waals surface area contributed by atoms with Gasteiger partial charge in [-0.05, 0) is 70.8 Å². The molecule has 0 saturated heterocycles. The molecule has 0 spiro atoms. The van der Waals surface area contributed by atoms with E-state index in [4.69, 9.17) is 0 Å². The van der Waals surface area contributed by atoms with Gasteiger partial charge in [0.2, 0.25) is 0 Å². The summed E-state index contributed by atoms with van der Waals surface area (Å²) in [5.74, 6) is 0.322. The Hall–Kier alpha value is -1.36. The molecule has 0 atom stereocenters. The first-order valence-electron chi connectivity index (χ1n) is 6.65. The highest BCUT2D eigenvalue weighted by atomic mass is 127. The summed E-state index contributed by atoms with van der Waals surface area (Å²) in [5, 5.41) is 3.03. The summed E-state index contributed by atoms with van der Waals surface area (Å²) < 4.78 is 1.18. The van der Waals surface area contributed by atoms with E-state index in [-0.39, 0.29) is 5.91 Å². The molecule has 20 heavy (non-hydrogen) atoms. The zero-order valence-corrected chi connectivity index (χ0v) is 14.1. The first-order chi connectivity index (χ1) is 9.49. The van der Waals surface area contributed by atoms with Crippen LogP contribution >= 0.6 is 22.6 Å². The summed E-state index contributed by atoms with van der Waals surface area (Å²) in [6.45, 7) is 6.22. The number of hydrogen-bond acceptors (Lipinski definition) is 1. The van der Waals surface area contributed by atoms with Gasteiger partial charge in [0.05, 0.1) is 0 Å². The van der Waals surface area contributed by atoms with Crippen molar-refractivity contribution in [3.63, 3.8) is 0 Å². The highest BCUT2D eigenvalue weighted by molar-refractivity contribution is 14.1. The Morgan fingerprint density at radius 1 is 1.15 bits per heavy atom. The standard InChI is InChI=1S/C17H18INO/c1-11(2)15-10-13(18)8-9-16(15)19-17(20)14-7-5-4-6-12(14)3/h4-11H,1-3H3,(H,19,20). The molecule has 104 valence electrons. The molecular weight excluding hydrogens is 361 g/mol. The van der Waals surface area contributed by atoms with Crippen molar-refractivity contribution < 1.29 is 4.79 Å². The van der Waals surface area contributed by atoms with Crippen molar-refractivity contribution in [1.82, 2.24) is 0 Å². The Kier molecular flexibility index (Phi) is 4.81. The molecule has 2 nitrogen and oxygen atoms in total.